The molecule has 1 fully saturated rings. The van der Waals surface area contributed by atoms with Crippen molar-refractivity contribution < 1.29 is 23.1 Å². The van der Waals surface area contributed by atoms with Gasteiger partial charge in [0.25, 0.3) is 5.91 Å². The number of nitrogens with zero attached hydrogens (tertiary/aromatic N) is 1. The van der Waals surface area contributed by atoms with Gasteiger partial charge in [-0.05, 0) is 68.8 Å². The third-order valence-electron chi connectivity index (χ3n) is 5.39. The van der Waals surface area contributed by atoms with E-state index in [9.17, 15) is 23.1 Å². The Bertz CT molecular complexity index is 1110. The van der Waals surface area contributed by atoms with Gasteiger partial charge in [0.1, 0.15) is 0 Å². The third-order valence-corrected chi connectivity index (χ3v) is 5.39. The van der Waals surface area contributed by atoms with Crippen molar-refractivity contribution in [1.29, 1.82) is 5.26 Å². The molecule has 8 heteroatoms. The Morgan fingerprint density at radius 2 is 1.91 bits per heavy atom. The van der Waals surface area contributed by atoms with Crippen LogP contribution in [0.25, 0.3) is 0 Å². The van der Waals surface area contributed by atoms with Gasteiger partial charge >= 0.3 is 6.18 Å². The standard InChI is InChI=1S/C24H22F3N3O2/c1-16-3-2-4-17(13-16)7-10-23(32,19-8-11-29-12-9-19)22(31)30-20-6-5-18(15-28)21(14-20)24(25,26)27/h2-6,13-14,19,29,32H,8-9,11-12H2,1H3,(H,30,31). The largest absolute Gasteiger partial charge is 0.417 e. The van der Waals surface area contributed by atoms with Crippen LogP contribution in [-0.2, 0) is 11.0 Å². The minimum Gasteiger partial charge on any atom is -0.369 e. The first-order valence-electron chi connectivity index (χ1n) is 10.1. The molecule has 1 saturated heterocycles. The second kappa shape index (κ2) is 9.44. The van der Waals surface area contributed by atoms with Crippen molar-refractivity contribution in [2.24, 2.45) is 5.92 Å². The van der Waals surface area contributed by atoms with Crippen molar-refractivity contribution in [2.75, 3.05) is 18.4 Å². The molecule has 3 N–H and O–H groups in total. The van der Waals surface area contributed by atoms with E-state index >= 15 is 0 Å². The van der Waals surface area contributed by atoms with Gasteiger partial charge in [-0.25, -0.2) is 0 Å². The number of hydrogen-bond acceptors (Lipinski definition) is 4. The molecular weight excluding hydrogens is 419 g/mol. The van der Waals surface area contributed by atoms with E-state index in [2.05, 4.69) is 22.5 Å². The van der Waals surface area contributed by atoms with Crippen LogP contribution in [0.5, 0.6) is 0 Å². The summed E-state index contributed by atoms with van der Waals surface area (Å²) >= 11 is 0. The lowest BCUT2D eigenvalue weighted by Gasteiger charge is -2.33. The average molecular weight is 441 g/mol. The maximum Gasteiger partial charge on any atom is 0.417 e. The lowest BCUT2D eigenvalue weighted by Crippen LogP contribution is -2.51. The summed E-state index contributed by atoms with van der Waals surface area (Å²) < 4.78 is 39.8. The molecule has 166 valence electrons. The number of aryl methyl sites for hydroxylation is 1. The van der Waals surface area contributed by atoms with Crippen molar-refractivity contribution in [3.05, 3.63) is 64.7 Å². The molecule has 0 spiro atoms. The van der Waals surface area contributed by atoms with Crippen molar-refractivity contribution in [1.82, 2.24) is 5.32 Å². The first-order chi connectivity index (χ1) is 15.1. The fourth-order valence-electron chi connectivity index (χ4n) is 3.65. The molecule has 1 unspecified atom stereocenters. The highest BCUT2D eigenvalue weighted by molar-refractivity contribution is 6.00. The molecule has 1 atom stereocenters. The van der Waals surface area contributed by atoms with Gasteiger partial charge in [-0.3, -0.25) is 4.79 Å². The summed E-state index contributed by atoms with van der Waals surface area (Å²) in [5.41, 5.74) is -2.41. The summed E-state index contributed by atoms with van der Waals surface area (Å²) in [5, 5.41) is 25.8. The first kappa shape index (κ1) is 23.3. The number of nitrogens with one attached hydrogen (secondary N) is 2. The topological polar surface area (TPSA) is 85.2 Å². The molecule has 0 saturated carbocycles. The Morgan fingerprint density at radius 1 is 1.19 bits per heavy atom. The van der Waals surface area contributed by atoms with Crippen molar-refractivity contribution >= 4 is 11.6 Å². The predicted molar refractivity (Wildman–Crippen MR) is 113 cm³/mol. The molecular formula is C24H22F3N3O2. The van der Waals surface area contributed by atoms with Crippen LogP contribution in [0.4, 0.5) is 18.9 Å². The monoisotopic (exact) mass is 441 g/mol. The molecule has 1 amide bonds. The van der Waals surface area contributed by atoms with E-state index in [0.29, 0.717) is 37.6 Å². The Kier molecular flexibility index (Phi) is 6.88. The lowest BCUT2D eigenvalue weighted by atomic mass is 9.80. The van der Waals surface area contributed by atoms with Gasteiger partial charge < -0.3 is 15.7 Å². The quantitative estimate of drug-likeness (QED) is 0.636. The number of halogens is 3. The summed E-state index contributed by atoms with van der Waals surface area (Å²) in [5.74, 6) is 4.13. The number of rotatable bonds is 3. The zero-order valence-corrected chi connectivity index (χ0v) is 17.4. The second-order valence-corrected chi connectivity index (χ2v) is 7.73. The molecule has 1 heterocycles. The highest BCUT2D eigenvalue weighted by Gasteiger charge is 2.43. The number of carbonyl (C=O) groups is 1. The van der Waals surface area contributed by atoms with Crippen LogP contribution in [-0.4, -0.2) is 29.7 Å². The predicted octanol–water partition coefficient (Wildman–Crippen LogP) is 3.61. The molecule has 1 aliphatic rings. The second-order valence-electron chi connectivity index (χ2n) is 7.73. The number of alkyl halides is 3. The van der Waals surface area contributed by atoms with Crippen LogP contribution in [0.3, 0.4) is 0 Å². The Labute approximate surface area is 184 Å². The molecule has 32 heavy (non-hydrogen) atoms. The summed E-state index contributed by atoms with van der Waals surface area (Å²) in [4.78, 5) is 13.1. The number of anilines is 1. The van der Waals surface area contributed by atoms with E-state index in [-0.39, 0.29) is 5.69 Å². The fourth-order valence-corrected chi connectivity index (χ4v) is 3.65. The maximum atomic E-state index is 13.3. The Balaban J connectivity index is 1.95. The SMILES string of the molecule is Cc1cccc(C#CC(O)(C(=O)Nc2ccc(C#N)c(C(F)(F)F)c2)C2CCNCC2)c1. The van der Waals surface area contributed by atoms with Gasteiger partial charge in [0.15, 0.2) is 0 Å². The maximum absolute atomic E-state index is 13.3. The highest BCUT2D eigenvalue weighted by atomic mass is 19.4. The third kappa shape index (κ3) is 5.28. The van der Waals surface area contributed by atoms with E-state index < -0.39 is 34.7 Å². The smallest absolute Gasteiger partial charge is 0.369 e. The molecule has 0 bridgehead atoms. The zero-order chi connectivity index (χ0) is 23.4. The Morgan fingerprint density at radius 3 is 2.53 bits per heavy atom. The van der Waals surface area contributed by atoms with Gasteiger partial charge in [-0.15, -0.1) is 0 Å². The molecule has 2 aromatic carbocycles. The van der Waals surface area contributed by atoms with E-state index in [0.717, 1.165) is 11.6 Å². The number of piperidine rings is 1. The van der Waals surface area contributed by atoms with Crippen LogP contribution in [0.15, 0.2) is 42.5 Å². The van der Waals surface area contributed by atoms with Crippen molar-refractivity contribution in [3.8, 4) is 17.9 Å². The number of nitriles is 1. The fraction of sp³-hybridized carbons (Fsp3) is 0.333. The van der Waals surface area contributed by atoms with Crippen LogP contribution < -0.4 is 10.6 Å². The summed E-state index contributed by atoms with van der Waals surface area (Å²) in [6.07, 6.45) is -3.80. The van der Waals surface area contributed by atoms with Gasteiger partial charge in [-0.2, -0.15) is 18.4 Å². The molecule has 5 nitrogen and oxygen atoms in total. The van der Waals surface area contributed by atoms with E-state index in [4.69, 9.17) is 5.26 Å². The Hall–Kier alpha value is -3.33. The number of carbonyl (C=O) groups excluding carboxylic acids is 1. The van der Waals surface area contributed by atoms with E-state index in [1.54, 1.807) is 12.1 Å². The molecule has 0 aliphatic carbocycles. The molecule has 2 aromatic rings. The van der Waals surface area contributed by atoms with Gasteiger partial charge in [0, 0.05) is 17.2 Å². The number of amides is 1. The zero-order valence-electron chi connectivity index (χ0n) is 17.4. The highest BCUT2D eigenvalue weighted by Crippen LogP contribution is 2.34. The van der Waals surface area contributed by atoms with Crippen molar-refractivity contribution in [2.45, 2.75) is 31.5 Å². The van der Waals surface area contributed by atoms with Crippen LogP contribution >= 0.6 is 0 Å². The van der Waals surface area contributed by atoms with Crippen LogP contribution in [0.2, 0.25) is 0 Å². The minimum absolute atomic E-state index is 0.175. The lowest BCUT2D eigenvalue weighted by molar-refractivity contribution is -0.138. The minimum atomic E-state index is -4.76. The van der Waals surface area contributed by atoms with Gasteiger partial charge in [-0.1, -0.05) is 24.0 Å². The normalized spacial score (nSPS) is 16.2. The molecule has 3 rings (SSSR count). The van der Waals surface area contributed by atoms with E-state index in [1.165, 1.54) is 12.1 Å². The molecule has 0 radical (unpaired) electrons. The van der Waals surface area contributed by atoms with Crippen molar-refractivity contribution in [3.63, 3.8) is 0 Å². The molecule has 0 aromatic heterocycles. The summed E-state index contributed by atoms with van der Waals surface area (Å²) in [6, 6.07) is 11.6. The van der Waals surface area contributed by atoms with Crippen LogP contribution in [0.1, 0.15) is 35.1 Å². The average Bonchev–Trinajstić information content (AvgIpc) is 2.77. The number of aliphatic hydroxyl groups is 1. The number of hydrogen-bond donors (Lipinski definition) is 3. The van der Waals surface area contributed by atoms with Gasteiger partial charge in [0.2, 0.25) is 5.60 Å². The first-order valence-corrected chi connectivity index (χ1v) is 10.1. The summed E-state index contributed by atoms with van der Waals surface area (Å²) in [7, 11) is 0. The number of benzene rings is 2. The van der Waals surface area contributed by atoms with Crippen LogP contribution in [0, 0.1) is 36.0 Å². The van der Waals surface area contributed by atoms with Gasteiger partial charge in [0.05, 0.1) is 17.2 Å². The molecule has 1 aliphatic heterocycles. The summed E-state index contributed by atoms with van der Waals surface area (Å²) in [6.45, 7) is 3.06. The van der Waals surface area contributed by atoms with E-state index in [1.807, 2.05) is 19.1 Å².